The van der Waals surface area contributed by atoms with Gasteiger partial charge in [-0.25, -0.2) is 4.39 Å². The van der Waals surface area contributed by atoms with Gasteiger partial charge in [-0.05, 0) is 86.8 Å². The Hall–Kier alpha value is -1.29. The average Bonchev–Trinajstić information content (AvgIpc) is 2.78. The number of rotatable bonds is 8. The Bertz CT molecular complexity index is 678. The van der Waals surface area contributed by atoms with Crippen molar-refractivity contribution >= 4 is 0 Å². The number of hydrogen-bond acceptors (Lipinski definition) is 0. The Morgan fingerprint density at radius 2 is 1.50 bits per heavy atom. The number of benzene rings is 1. The van der Waals surface area contributed by atoms with Crippen LogP contribution in [-0.4, -0.2) is 0 Å². The molecule has 1 aromatic carbocycles. The van der Waals surface area contributed by atoms with Crippen molar-refractivity contribution in [3.05, 3.63) is 35.1 Å². The Kier molecular flexibility index (Phi) is 9.77. The fraction of sp³-hybridized carbons (Fsp3) is 0.724. The lowest BCUT2D eigenvalue weighted by atomic mass is 9.69. The van der Waals surface area contributed by atoms with Crippen LogP contribution in [0.15, 0.2) is 18.2 Å². The minimum atomic E-state index is -0.0730. The lowest BCUT2D eigenvalue weighted by molar-refractivity contribution is 0.153. The third kappa shape index (κ3) is 7.14. The number of aryl methyl sites for hydroxylation is 1. The largest absolute Gasteiger partial charge is 0.207 e. The molecule has 0 atom stereocenters. The monoisotopic (exact) mass is 410 g/mol. The maximum Gasteiger partial charge on any atom is 0.127 e. The Morgan fingerprint density at radius 3 is 2.13 bits per heavy atom. The molecule has 0 unspecified atom stereocenters. The molecule has 0 radical (unpaired) electrons. The van der Waals surface area contributed by atoms with E-state index in [9.17, 15) is 4.39 Å². The predicted molar refractivity (Wildman–Crippen MR) is 127 cm³/mol. The molecule has 0 spiro atoms. The highest BCUT2D eigenvalue weighted by Gasteiger charge is 2.30. The van der Waals surface area contributed by atoms with Crippen molar-refractivity contribution in [3.63, 3.8) is 0 Å². The second-order valence-electron chi connectivity index (χ2n) is 10.1. The van der Waals surface area contributed by atoms with Gasteiger partial charge in [0.25, 0.3) is 0 Å². The quantitative estimate of drug-likeness (QED) is 0.297. The van der Waals surface area contributed by atoms with Crippen molar-refractivity contribution in [1.29, 1.82) is 0 Å². The summed E-state index contributed by atoms with van der Waals surface area (Å²) in [6.45, 7) is 4.49. The first-order chi connectivity index (χ1) is 14.7. The van der Waals surface area contributed by atoms with Gasteiger partial charge in [0.15, 0.2) is 0 Å². The smallest absolute Gasteiger partial charge is 0.127 e. The zero-order chi connectivity index (χ0) is 21.2. The lowest BCUT2D eigenvalue weighted by Crippen LogP contribution is -2.25. The first kappa shape index (κ1) is 23.4. The molecule has 3 rings (SSSR count). The molecule has 0 N–H and O–H groups in total. The van der Waals surface area contributed by atoms with Crippen molar-refractivity contribution in [1.82, 2.24) is 0 Å². The van der Waals surface area contributed by atoms with Crippen LogP contribution in [0.25, 0.3) is 0 Å². The number of halogens is 1. The summed E-state index contributed by atoms with van der Waals surface area (Å²) < 4.78 is 14.3. The van der Waals surface area contributed by atoms with Crippen LogP contribution < -0.4 is 0 Å². The fourth-order valence-electron chi connectivity index (χ4n) is 5.75. The van der Waals surface area contributed by atoms with Gasteiger partial charge in [-0.2, -0.15) is 0 Å². The van der Waals surface area contributed by atoms with Gasteiger partial charge in [-0.1, -0.05) is 76.7 Å². The molecule has 0 nitrogen and oxygen atoms in total. The first-order valence-corrected chi connectivity index (χ1v) is 13.0. The van der Waals surface area contributed by atoms with Gasteiger partial charge in [-0.3, -0.25) is 0 Å². The summed E-state index contributed by atoms with van der Waals surface area (Å²) >= 11 is 0. The topological polar surface area (TPSA) is 0 Å². The summed E-state index contributed by atoms with van der Waals surface area (Å²) in [6.07, 6.45) is 19.6. The van der Waals surface area contributed by atoms with E-state index < -0.39 is 0 Å². The second kappa shape index (κ2) is 12.5. The zero-order valence-corrected chi connectivity index (χ0v) is 19.5. The van der Waals surface area contributed by atoms with Crippen molar-refractivity contribution < 1.29 is 4.39 Å². The summed E-state index contributed by atoms with van der Waals surface area (Å²) in [7, 11) is 0. The van der Waals surface area contributed by atoms with Crippen LogP contribution in [0.5, 0.6) is 0 Å². The van der Waals surface area contributed by atoms with Gasteiger partial charge in [0, 0.05) is 11.5 Å². The Morgan fingerprint density at radius 1 is 0.833 bits per heavy atom. The van der Waals surface area contributed by atoms with Crippen LogP contribution in [0.3, 0.4) is 0 Å². The molecule has 0 amide bonds. The fourth-order valence-corrected chi connectivity index (χ4v) is 5.75. The Labute approximate surface area is 185 Å². The summed E-state index contributed by atoms with van der Waals surface area (Å²) in [4.78, 5) is 0. The highest BCUT2D eigenvalue weighted by Crippen LogP contribution is 2.42. The molecule has 2 aliphatic rings. The van der Waals surface area contributed by atoms with Crippen LogP contribution in [-0.2, 0) is 6.42 Å². The molecular weight excluding hydrogens is 367 g/mol. The third-order valence-corrected chi connectivity index (χ3v) is 7.82. The number of unbranched alkanes of at least 4 members (excludes halogenated alkanes) is 3. The van der Waals surface area contributed by atoms with Gasteiger partial charge in [0.1, 0.15) is 5.82 Å². The summed E-state index contributed by atoms with van der Waals surface area (Å²) in [5.41, 5.74) is 1.69. The minimum Gasteiger partial charge on any atom is -0.207 e. The van der Waals surface area contributed by atoms with Gasteiger partial charge < -0.3 is 0 Å². The third-order valence-electron chi connectivity index (χ3n) is 7.82. The van der Waals surface area contributed by atoms with Crippen LogP contribution in [0.4, 0.5) is 4.39 Å². The van der Waals surface area contributed by atoms with Crippen LogP contribution in [0.1, 0.15) is 115 Å². The molecular formula is C29H43F. The first-order valence-electron chi connectivity index (χ1n) is 13.0. The SMILES string of the molecule is CCCCCc1ccc(C#CC2CCC([C@H]3CC[C@H](CCCC)CC3)CC2)cc1F. The molecule has 2 fully saturated rings. The standard InChI is InChI=1S/C29H43F/c1-3-5-7-9-28-21-16-25(22-29(28)30)11-10-24-14-19-27(20-15-24)26-17-12-23(13-18-26)8-6-4-2/h16,21-24,26-27H,3-9,12-15,17-20H2,1-2H3/t23-,24?,26-,27?. The molecule has 166 valence electrons. The molecule has 2 saturated carbocycles. The molecule has 30 heavy (non-hydrogen) atoms. The van der Waals surface area contributed by atoms with Gasteiger partial charge >= 0.3 is 0 Å². The van der Waals surface area contributed by atoms with E-state index in [0.29, 0.717) is 5.92 Å². The van der Waals surface area contributed by atoms with E-state index in [1.165, 1.54) is 83.5 Å². The summed E-state index contributed by atoms with van der Waals surface area (Å²) in [5.74, 6) is 10.1. The normalized spacial score (nSPS) is 26.8. The van der Waals surface area contributed by atoms with Crippen molar-refractivity contribution in [2.75, 3.05) is 0 Å². The van der Waals surface area contributed by atoms with Gasteiger partial charge in [-0.15, -0.1) is 0 Å². The van der Waals surface area contributed by atoms with E-state index in [2.05, 4.69) is 25.7 Å². The van der Waals surface area contributed by atoms with E-state index in [-0.39, 0.29) is 5.82 Å². The molecule has 0 heterocycles. The second-order valence-corrected chi connectivity index (χ2v) is 10.1. The van der Waals surface area contributed by atoms with E-state index in [1.54, 1.807) is 6.07 Å². The van der Waals surface area contributed by atoms with Gasteiger partial charge in [0.2, 0.25) is 0 Å². The minimum absolute atomic E-state index is 0.0730. The highest BCUT2D eigenvalue weighted by atomic mass is 19.1. The molecule has 0 bridgehead atoms. The maximum atomic E-state index is 14.3. The lowest BCUT2D eigenvalue weighted by Gasteiger charge is -2.37. The molecule has 1 aromatic rings. The maximum absolute atomic E-state index is 14.3. The van der Waals surface area contributed by atoms with Crippen molar-refractivity contribution in [2.24, 2.45) is 23.7 Å². The van der Waals surface area contributed by atoms with E-state index >= 15 is 0 Å². The predicted octanol–water partition coefficient (Wildman–Crippen LogP) is 8.71. The van der Waals surface area contributed by atoms with Gasteiger partial charge in [0.05, 0.1) is 0 Å². The molecule has 0 aliphatic heterocycles. The summed E-state index contributed by atoms with van der Waals surface area (Å²) in [5, 5.41) is 0. The number of hydrogen-bond donors (Lipinski definition) is 0. The van der Waals surface area contributed by atoms with Crippen molar-refractivity contribution in [2.45, 2.75) is 110 Å². The van der Waals surface area contributed by atoms with E-state index in [0.717, 1.165) is 41.7 Å². The molecule has 2 aliphatic carbocycles. The van der Waals surface area contributed by atoms with E-state index in [1.807, 2.05) is 12.1 Å². The average molecular weight is 411 g/mol. The molecule has 0 saturated heterocycles. The van der Waals surface area contributed by atoms with Crippen LogP contribution >= 0.6 is 0 Å². The summed E-state index contributed by atoms with van der Waals surface area (Å²) in [6, 6.07) is 5.61. The molecule has 1 heteroatoms. The molecule has 0 aromatic heterocycles. The zero-order valence-electron chi connectivity index (χ0n) is 19.5. The van der Waals surface area contributed by atoms with Crippen LogP contribution in [0, 0.1) is 41.3 Å². The van der Waals surface area contributed by atoms with Crippen LogP contribution in [0.2, 0.25) is 0 Å². The highest BCUT2D eigenvalue weighted by molar-refractivity contribution is 5.37. The Balaban J connectivity index is 1.42. The van der Waals surface area contributed by atoms with E-state index in [4.69, 9.17) is 0 Å². The van der Waals surface area contributed by atoms with Crippen molar-refractivity contribution in [3.8, 4) is 11.8 Å².